The number of benzene rings is 1. The van der Waals surface area contributed by atoms with Gasteiger partial charge in [0.25, 0.3) is 11.7 Å². The quantitative estimate of drug-likeness (QED) is 0.802. The van der Waals surface area contributed by atoms with Crippen LogP contribution in [0, 0.1) is 6.92 Å². The second-order valence-corrected chi connectivity index (χ2v) is 4.96. The SMILES string of the molecule is COCc1cc(CN2C(=O)C(=O)c3cc(C)ccc32)no1. The number of hydrogen-bond acceptors (Lipinski definition) is 5. The number of rotatable bonds is 4. The number of methoxy groups -OCH3 is 1. The maximum Gasteiger partial charge on any atom is 0.299 e. The Kier molecular flexibility index (Phi) is 3.31. The van der Waals surface area contributed by atoms with Crippen molar-refractivity contribution < 1.29 is 18.8 Å². The number of aromatic nitrogens is 1. The summed E-state index contributed by atoms with van der Waals surface area (Å²) in [7, 11) is 1.56. The lowest BCUT2D eigenvalue weighted by Crippen LogP contribution is -2.29. The van der Waals surface area contributed by atoms with Gasteiger partial charge in [0.15, 0.2) is 5.76 Å². The van der Waals surface area contributed by atoms with Crippen molar-refractivity contribution in [2.75, 3.05) is 12.0 Å². The standard InChI is InChI=1S/C15H14N2O4/c1-9-3-4-13-12(5-9)14(18)15(19)17(13)7-10-6-11(8-20-2)21-16-10/h3-6H,7-8H2,1-2H3. The van der Waals surface area contributed by atoms with Gasteiger partial charge in [-0.25, -0.2) is 0 Å². The molecule has 108 valence electrons. The number of Topliss-reactive ketones (excluding diaryl/α,β-unsaturated/α-hetero) is 1. The number of anilines is 1. The molecule has 0 saturated heterocycles. The van der Waals surface area contributed by atoms with Crippen LogP contribution in [0.2, 0.25) is 0 Å². The number of aryl methyl sites for hydroxylation is 1. The highest BCUT2D eigenvalue weighted by atomic mass is 16.5. The summed E-state index contributed by atoms with van der Waals surface area (Å²) in [5, 5.41) is 3.89. The van der Waals surface area contributed by atoms with Gasteiger partial charge in [0.05, 0.1) is 17.8 Å². The van der Waals surface area contributed by atoms with Gasteiger partial charge in [-0.15, -0.1) is 0 Å². The van der Waals surface area contributed by atoms with Gasteiger partial charge in [-0.1, -0.05) is 16.8 Å². The Morgan fingerprint density at radius 2 is 2.10 bits per heavy atom. The second-order valence-electron chi connectivity index (χ2n) is 4.96. The second kappa shape index (κ2) is 5.14. The van der Waals surface area contributed by atoms with Gasteiger partial charge in [-0.2, -0.15) is 0 Å². The van der Waals surface area contributed by atoms with E-state index in [1.54, 1.807) is 25.3 Å². The summed E-state index contributed by atoms with van der Waals surface area (Å²) in [6.45, 7) is 2.40. The fourth-order valence-electron chi connectivity index (χ4n) is 2.37. The Morgan fingerprint density at radius 3 is 2.86 bits per heavy atom. The van der Waals surface area contributed by atoms with E-state index in [1.807, 2.05) is 13.0 Å². The Bertz CT molecular complexity index is 720. The summed E-state index contributed by atoms with van der Waals surface area (Å²) in [5.41, 5.74) is 2.59. The van der Waals surface area contributed by atoms with E-state index in [4.69, 9.17) is 9.26 Å². The van der Waals surface area contributed by atoms with Gasteiger partial charge in [-0.3, -0.25) is 14.5 Å². The van der Waals surface area contributed by atoms with Crippen molar-refractivity contribution in [2.45, 2.75) is 20.1 Å². The molecule has 3 rings (SSSR count). The van der Waals surface area contributed by atoms with Crippen molar-refractivity contribution in [3.05, 3.63) is 46.8 Å². The number of ketones is 1. The van der Waals surface area contributed by atoms with Crippen LogP contribution in [0.3, 0.4) is 0 Å². The highest BCUT2D eigenvalue weighted by Crippen LogP contribution is 2.30. The fourth-order valence-corrected chi connectivity index (χ4v) is 2.37. The zero-order valence-electron chi connectivity index (χ0n) is 11.8. The van der Waals surface area contributed by atoms with Crippen LogP contribution in [-0.4, -0.2) is 24.0 Å². The predicted molar refractivity (Wildman–Crippen MR) is 73.9 cm³/mol. The Balaban J connectivity index is 1.89. The smallest absolute Gasteiger partial charge is 0.299 e. The largest absolute Gasteiger partial charge is 0.377 e. The summed E-state index contributed by atoms with van der Waals surface area (Å²) in [5.74, 6) is -0.434. The average Bonchev–Trinajstić information content (AvgIpc) is 2.99. The normalized spacial score (nSPS) is 13.9. The van der Waals surface area contributed by atoms with Crippen molar-refractivity contribution in [2.24, 2.45) is 0 Å². The van der Waals surface area contributed by atoms with Crippen molar-refractivity contribution >= 4 is 17.4 Å². The molecule has 0 atom stereocenters. The van der Waals surface area contributed by atoms with Crippen LogP contribution in [0.5, 0.6) is 0 Å². The highest BCUT2D eigenvalue weighted by molar-refractivity contribution is 6.52. The molecule has 0 aliphatic carbocycles. The third-order valence-electron chi connectivity index (χ3n) is 3.34. The Labute approximate surface area is 121 Å². The van der Waals surface area contributed by atoms with E-state index in [2.05, 4.69) is 5.16 Å². The van der Waals surface area contributed by atoms with Crippen LogP contribution >= 0.6 is 0 Å². The minimum atomic E-state index is -0.535. The predicted octanol–water partition coefficient (Wildman–Crippen LogP) is 1.86. The molecule has 6 heteroatoms. The lowest BCUT2D eigenvalue weighted by atomic mass is 10.1. The molecule has 0 saturated carbocycles. The molecule has 0 unspecified atom stereocenters. The molecule has 1 aliphatic rings. The topological polar surface area (TPSA) is 72.6 Å². The summed E-state index contributed by atoms with van der Waals surface area (Å²) in [6.07, 6.45) is 0. The first-order valence-corrected chi connectivity index (χ1v) is 6.50. The minimum absolute atomic E-state index is 0.202. The molecule has 2 heterocycles. The Morgan fingerprint density at radius 1 is 1.29 bits per heavy atom. The van der Waals surface area contributed by atoms with Crippen LogP contribution in [-0.2, 0) is 22.7 Å². The first kappa shape index (κ1) is 13.5. The van der Waals surface area contributed by atoms with E-state index in [1.165, 1.54) is 4.90 Å². The van der Waals surface area contributed by atoms with Gasteiger partial charge >= 0.3 is 0 Å². The maximum atomic E-state index is 12.1. The van der Waals surface area contributed by atoms with Crippen LogP contribution in [0.25, 0.3) is 0 Å². The summed E-state index contributed by atoms with van der Waals surface area (Å²) < 4.78 is 10.0. The molecule has 2 aromatic rings. The number of hydrogen-bond donors (Lipinski definition) is 0. The first-order chi connectivity index (χ1) is 10.1. The summed E-state index contributed by atoms with van der Waals surface area (Å²) >= 11 is 0. The number of ether oxygens (including phenoxy) is 1. The molecular weight excluding hydrogens is 272 g/mol. The number of carbonyl (C=O) groups is 2. The molecule has 0 fully saturated rings. The molecule has 0 radical (unpaired) electrons. The number of amides is 1. The van der Waals surface area contributed by atoms with E-state index in [-0.39, 0.29) is 6.54 Å². The molecule has 1 aromatic heterocycles. The van der Waals surface area contributed by atoms with Gasteiger partial charge in [0.2, 0.25) is 0 Å². The highest BCUT2D eigenvalue weighted by Gasteiger charge is 2.36. The van der Waals surface area contributed by atoms with Crippen molar-refractivity contribution in [3.63, 3.8) is 0 Å². The van der Waals surface area contributed by atoms with Gasteiger partial charge < -0.3 is 9.26 Å². The number of carbonyl (C=O) groups excluding carboxylic acids is 2. The monoisotopic (exact) mass is 286 g/mol. The number of nitrogens with zero attached hydrogens (tertiary/aromatic N) is 2. The molecule has 1 aliphatic heterocycles. The van der Waals surface area contributed by atoms with E-state index >= 15 is 0 Å². The van der Waals surface area contributed by atoms with Gasteiger partial charge in [-0.05, 0) is 19.1 Å². The molecule has 0 bridgehead atoms. The van der Waals surface area contributed by atoms with E-state index < -0.39 is 11.7 Å². The van der Waals surface area contributed by atoms with Crippen LogP contribution in [0.4, 0.5) is 5.69 Å². The fraction of sp³-hybridized carbons (Fsp3) is 0.267. The summed E-state index contributed by atoms with van der Waals surface area (Å²) in [6, 6.07) is 7.10. The zero-order valence-corrected chi connectivity index (χ0v) is 11.8. The third kappa shape index (κ3) is 2.34. The van der Waals surface area contributed by atoms with Crippen LogP contribution < -0.4 is 4.90 Å². The molecule has 1 amide bonds. The van der Waals surface area contributed by atoms with Gasteiger partial charge in [0.1, 0.15) is 12.3 Å². The average molecular weight is 286 g/mol. The summed E-state index contributed by atoms with van der Waals surface area (Å²) in [4.78, 5) is 25.5. The Hall–Kier alpha value is -2.47. The lowest BCUT2D eigenvalue weighted by Gasteiger charge is -2.14. The maximum absolute atomic E-state index is 12.1. The van der Waals surface area contributed by atoms with Crippen molar-refractivity contribution in [1.29, 1.82) is 0 Å². The van der Waals surface area contributed by atoms with Crippen LogP contribution in [0.1, 0.15) is 27.4 Å². The third-order valence-corrected chi connectivity index (χ3v) is 3.34. The molecule has 21 heavy (non-hydrogen) atoms. The molecule has 0 N–H and O–H groups in total. The van der Waals surface area contributed by atoms with Gasteiger partial charge in [0, 0.05) is 13.2 Å². The van der Waals surface area contributed by atoms with E-state index in [0.717, 1.165) is 5.56 Å². The first-order valence-electron chi connectivity index (χ1n) is 6.50. The van der Waals surface area contributed by atoms with E-state index in [9.17, 15) is 9.59 Å². The molecular formula is C15H14N2O4. The van der Waals surface area contributed by atoms with E-state index in [0.29, 0.717) is 29.3 Å². The zero-order chi connectivity index (χ0) is 15.0. The molecule has 1 aromatic carbocycles. The minimum Gasteiger partial charge on any atom is -0.377 e. The molecule has 6 nitrogen and oxygen atoms in total. The van der Waals surface area contributed by atoms with Crippen molar-refractivity contribution in [3.8, 4) is 0 Å². The number of fused-ring (bicyclic) bond motifs is 1. The van der Waals surface area contributed by atoms with Crippen LogP contribution in [0.15, 0.2) is 28.8 Å². The van der Waals surface area contributed by atoms with Crippen molar-refractivity contribution in [1.82, 2.24) is 5.16 Å². The lowest BCUT2D eigenvalue weighted by molar-refractivity contribution is -0.114. The molecule has 0 spiro atoms.